The number of hydrogen-bond acceptors (Lipinski definition) is 2. The number of amidine groups is 1. The molecule has 3 nitrogen and oxygen atoms in total. The smallest absolute Gasteiger partial charge is 0.124 e. The minimum absolute atomic E-state index is 0.0893. The maximum atomic E-state index is 7.66. The van der Waals surface area contributed by atoms with Crippen molar-refractivity contribution in [2.24, 2.45) is 11.7 Å². The van der Waals surface area contributed by atoms with Gasteiger partial charge in [-0.25, -0.2) is 0 Å². The fraction of sp³-hybridized carbons (Fsp3) is 0.500. The van der Waals surface area contributed by atoms with Crippen molar-refractivity contribution in [3.8, 4) is 0 Å². The molecule has 1 atom stereocenters. The van der Waals surface area contributed by atoms with Gasteiger partial charge in [-0.2, -0.15) is 0 Å². The first-order valence-electron chi connectivity index (χ1n) is 6.50. The van der Waals surface area contributed by atoms with E-state index in [-0.39, 0.29) is 5.84 Å². The van der Waals surface area contributed by atoms with Crippen LogP contribution >= 0.6 is 11.6 Å². The summed E-state index contributed by atoms with van der Waals surface area (Å²) in [4.78, 5) is 2.33. The molecule has 0 saturated carbocycles. The van der Waals surface area contributed by atoms with Crippen LogP contribution in [0.4, 0.5) is 5.69 Å². The fourth-order valence-corrected chi connectivity index (χ4v) is 2.87. The molecule has 0 bridgehead atoms. The average Bonchev–Trinajstić information content (AvgIpc) is 2.78. The monoisotopic (exact) mass is 265 g/mol. The van der Waals surface area contributed by atoms with E-state index >= 15 is 0 Å². The number of halogens is 1. The Hall–Kier alpha value is -1.22. The molecule has 98 valence electrons. The van der Waals surface area contributed by atoms with Gasteiger partial charge in [0.05, 0.1) is 0 Å². The third-order valence-electron chi connectivity index (χ3n) is 3.57. The summed E-state index contributed by atoms with van der Waals surface area (Å²) in [5.41, 5.74) is 7.44. The molecular weight excluding hydrogens is 246 g/mol. The molecule has 0 aromatic heterocycles. The number of rotatable bonds is 4. The first-order chi connectivity index (χ1) is 8.61. The van der Waals surface area contributed by atoms with Crippen molar-refractivity contribution < 1.29 is 0 Å². The Labute approximate surface area is 113 Å². The standard InChI is InChI=1S/C14H20ClN3/c1-2-3-10-6-7-18(9-10)13-5-4-11(15)8-12(13)14(16)17/h4-5,8,10H,2-3,6-7,9H2,1H3,(H3,16,17). The van der Waals surface area contributed by atoms with Crippen molar-refractivity contribution >= 4 is 23.1 Å². The maximum Gasteiger partial charge on any atom is 0.124 e. The Morgan fingerprint density at radius 1 is 1.56 bits per heavy atom. The van der Waals surface area contributed by atoms with E-state index in [2.05, 4.69) is 11.8 Å². The highest BCUT2D eigenvalue weighted by atomic mass is 35.5. The van der Waals surface area contributed by atoms with Gasteiger partial charge in [0.2, 0.25) is 0 Å². The largest absolute Gasteiger partial charge is 0.384 e. The van der Waals surface area contributed by atoms with E-state index in [1.54, 1.807) is 6.07 Å². The molecule has 0 aliphatic carbocycles. The van der Waals surface area contributed by atoms with Crippen molar-refractivity contribution in [1.82, 2.24) is 0 Å². The molecular formula is C14H20ClN3. The van der Waals surface area contributed by atoms with Crippen LogP contribution in [0.2, 0.25) is 5.02 Å². The molecule has 18 heavy (non-hydrogen) atoms. The summed E-state index contributed by atoms with van der Waals surface area (Å²) in [6, 6.07) is 5.64. The van der Waals surface area contributed by atoms with Crippen molar-refractivity contribution in [3.63, 3.8) is 0 Å². The van der Waals surface area contributed by atoms with Gasteiger partial charge in [0.25, 0.3) is 0 Å². The molecule has 2 rings (SSSR count). The molecule has 0 amide bonds. The average molecular weight is 266 g/mol. The topological polar surface area (TPSA) is 53.1 Å². The van der Waals surface area contributed by atoms with E-state index in [4.69, 9.17) is 22.7 Å². The second-order valence-corrected chi connectivity index (χ2v) is 5.40. The molecule has 3 N–H and O–H groups in total. The van der Waals surface area contributed by atoms with Gasteiger partial charge in [-0.3, -0.25) is 5.41 Å². The Morgan fingerprint density at radius 2 is 2.33 bits per heavy atom. The molecule has 1 heterocycles. The number of nitrogens with one attached hydrogen (secondary N) is 1. The SMILES string of the molecule is CCCC1CCN(c2ccc(Cl)cc2C(=N)N)C1. The Bertz CT molecular complexity index is 445. The van der Waals surface area contributed by atoms with Gasteiger partial charge < -0.3 is 10.6 Å². The summed E-state index contributed by atoms with van der Waals surface area (Å²) in [6.45, 7) is 4.34. The van der Waals surface area contributed by atoms with Gasteiger partial charge in [-0.05, 0) is 37.0 Å². The predicted molar refractivity (Wildman–Crippen MR) is 77.7 cm³/mol. The van der Waals surface area contributed by atoms with Gasteiger partial charge in [0.15, 0.2) is 0 Å². The van der Waals surface area contributed by atoms with E-state index in [0.29, 0.717) is 5.02 Å². The van der Waals surface area contributed by atoms with Crippen molar-refractivity contribution in [2.45, 2.75) is 26.2 Å². The molecule has 1 aliphatic heterocycles. The van der Waals surface area contributed by atoms with Crippen molar-refractivity contribution in [1.29, 1.82) is 5.41 Å². The van der Waals surface area contributed by atoms with Crippen LogP contribution in [-0.2, 0) is 0 Å². The second kappa shape index (κ2) is 5.61. The minimum atomic E-state index is 0.0893. The normalized spacial score (nSPS) is 19.2. The molecule has 4 heteroatoms. The van der Waals surface area contributed by atoms with Crippen molar-refractivity contribution in [3.05, 3.63) is 28.8 Å². The van der Waals surface area contributed by atoms with Crippen LogP contribution < -0.4 is 10.6 Å². The van der Waals surface area contributed by atoms with E-state index < -0.39 is 0 Å². The zero-order valence-corrected chi connectivity index (χ0v) is 11.5. The lowest BCUT2D eigenvalue weighted by molar-refractivity contribution is 0.530. The lowest BCUT2D eigenvalue weighted by atomic mass is 10.0. The summed E-state index contributed by atoms with van der Waals surface area (Å²) >= 11 is 5.98. The van der Waals surface area contributed by atoms with Gasteiger partial charge in [-0.1, -0.05) is 24.9 Å². The highest BCUT2D eigenvalue weighted by Gasteiger charge is 2.24. The first-order valence-corrected chi connectivity index (χ1v) is 6.88. The highest BCUT2D eigenvalue weighted by molar-refractivity contribution is 6.31. The first kappa shape index (κ1) is 13.2. The molecule has 1 aliphatic rings. The highest BCUT2D eigenvalue weighted by Crippen LogP contribution is 2.30. The Kier molecular flexibility index (Phi) is 4.12. The molecule has 0 spiro atoms. The lowest BCUT2D eigenvalue weighted by Gasteiger charge is -2.22. The Morgan fingerprint density at radius 3 is 3.00 bits per heavy atom. The zero-order valence-electron chi connectivity index (χ0n) is 10.7. The van der Waals surface area contributed by atoms with E-state index in [1.165, 1.54) is 19.3 Å². The number of benzene rings is 1. The summed E-state index contributed by atoms with van der Waals surface area (Å²) in [6.07, 6.45) is 3.74. The maximum absolute atomic E-state index is 7.66. The number of nitrogen functional groups attached to an aromatic ring is 1. The van der Waals surface area contributed by atoms with E-state index in [0.717, 1.165) is 30.3 Å². The molecule has 1 aromatic rings. The van der Waals surface area contributed by atoms with Crippen LogP contribution in [0.25, 0.3) is 0 Å². The molecule has 1 aromatic carbocycles. The van der Waals surface area contributed by atoms with Gasteiger partial charge >= 0.3 is 0 Å². The van der Waals surface area contributed by atoms with Crippen LogP contribution in [0, 0.1) is 11.3 Å². The predicted octanol–water partition coefficient (Wildman–Crippen LogP) is 3.25. The summed E-state index contributed by atoms with van der Waals surface area (Å²) in [5.74, 6) is 0.858. The minimum Gasteiger partial charge on any atom is -0.384 e. The molecule has 1 saturated heterocycles. The van der Waals surface area contributed by atoms with Gasteiger partial charge in [0.1, 0.15) is 5.84 Å². The van der Waals surface area contributed by atoms with Gasteiger partial charge in [-0.15, -0.1) is 0 Å². The summed E-state index contributed by atoms with van der Waals surface area (Å²) in [5, 5.41) is 8.29. The van der Waals surface area contributed by atoms with Crippen molar-refractivity contribution in [2.75, 3.05) is 18.0 Å². The second-order valence-electron chi connectivity index (χ2n) is 4.96. The third-order valence-corrected chi connectivity index (χ3v) is 3.81. The van der Waals surface area contributed by atoms with Crippen LogP contribution in [-0.4, -0.2) is 18.9 Å². The zero-order chi connectivity index (χ0) is 13.1. The van der Waals surface area contributed by atoms with Crippen LogP contribution in [0.3, 0.4) is 0 Å². The number of hydrogen-bond donors (Lipinski definition) is 2. The fourth-order valence-electron chi connectivity index (χ4n) is 2.70. The molecule has 1 unspecified atom stereocenters. The van der Waals surface area contributed by atoms with Gasteiger partial charge in [0, 0.05) is 29.4 Å². The summed E-state index contributed by atoms with van der Waals surface area (Å²) < 4.78 is 0. The van der Waals surface area contributed by atoms with Crippen LogP contribution in [0.5, 0.6) is 0 Å². The third kappa shape index (κ3) is 2.78. The van der Waals surface area contributed by atoms with Crippen LogP contribution in [0.1, 0.15) is 31.7 Å². The van der Waals surface area contributed by atoms with E-state index in [9.17, 15) is 0 Å². The molecule has 0 radical (unpaired) electrons. The lowest BCUT2D eigenvalue weighted by Crippen LogP contribution is -2.24. The number of nitrogens with two attached hydrogens (primary N) is 1. The summed E-state index contributed by atoms with van der Waals surface area (Å²) in [7, 11) is 0. The number of anilines is 1. The molecule has 1 fully saturated rings. The van der Waals surface area contributed by atoms with Crippen LogP contribution in [0.15, 0.2) is 18.2 Å². The van der Waals surface area contributed by atoms with E-state index in [1.807, 2.05) is 12.1 Å². The number of nitrogens with zero attached hydrogens (tertiary/aromatic N) is 1. The Balaban J connectivity index is 2.21. The quantitative estimate of drug-likeness (QED) is 0.649.